The van der Waals surface area contributed by atoms with Crippen molar-refractivity contribution in [1.29, 1.82) is 0 Å². The molecule has 0 bridgehead atoms. The Morgan fingerprint density at radius 1 is 1.17 bits per heavy atom. The van der Waals surface area contributed by atoms with Crippen LogP contribution >= 0.6 is 0 Å². The Morgan fingerprint density at radius 2 is 1.93 bits per heavy atom. The van der Waals surface area contributed by atoms with Gasteiger partial charge in [0.2, 0.25) is 5.91 Å². The van der Waals surface area contributed by atoms with Crippen LogP contribution in [0, 0.1) is 6.92 Å². The monoisotopic (exact) mass is 396 g/mol. The molecule has 1 aliphatic heterocycles. The first kappa shape index (κ1) is 20.4. The number of para-hydroxylation sites is 2. The molecule has 1 amide bonds. The van der Waals surface area contributed by atoms with E-state index in [-0.39, 0.29) is 5.91 Å². The van der Waals surface area contributed by atoms with E-state index in [1.807, 2.05) is 31.2 Å². The van der Waals surface area contributed by atoms with Gasteiger partial charge in [0.15, 0.2) is 5.96 Å². The van der Waals surface area contributed by atoms with Gasteiger partial charge in [-0.25, -0.2) is 4.98 Å². The van der Waals surface area contributed by atoms with Crippen LogP contribution in [-0.4, -0.2) is 66.6 Å². The van der Waals surface area contributed by atoms with Crippen LogP contribution in [-0.2, 0) is 4.79 Å². The summed E-state index contributed by atoms with van der Waals surface area (Å²) in [4.78, 5) is 25.0. The van der Waals surface area contributed by atoms with Crippen molar-refractivity contribution in [3.8, 4) is 5.75 Å². The molecule has 2 aromatic rings. The number of carbonyl (C=O) groups is 1. The Hall–Kier alpha value is -3.29. The van der Waals surface area contributed by atoms with E-state index in [4.69, 9.17) is 0 Å². The van der Waals surface area contributed by atoms with E-state index < -0.39 is 0 Å². The molecule has 0 atom stereocenters. The summed E-state index contributed by atoms with van der Waals surface area (Å²) in [6, 6.07) is 11.1. The number of pyridine rings is 1. The summed E-state index contributed by atoms with van der Waals surface area (Å²) in [5.41, 5.74) is 1.91. The van der Waals surface area contributed by atoms with Crippen molar-refractivity contribution in [2.24, 2.45) is 4.99 Å². The summed E-state index contributed by atoms with van der Waals surface area (Å²) in [7, 11) is 1.74. The molecular formula is C21H28N6O2. The first-order valence-corrected chi connectivity index (χ1v) is 9.78. The molecule has 3 rings (SSSR count). The van der Waals surface area contributed by atoms with E-state index >= 15 is 0 Å². The predicted octanol–water partition coefficient (Wildman–Crippen LogP) is 1.82. The van der Waals surface area contributed by atoms with E-state index in [9.17, 15) is 9.90 Å². The minimum atomic E-state index is -0.0892. The van der Waals surface area contributed by atoms with Gasteiger partial charge in [-0.3, -0.25) is 9.79 Å². The van der Waals surface area contributed by atoms with Crippen LogP contribution in [0.25, 0.3) is 0 Å². The molecule has 0 saturated carbocycles. The lowest BCUT2D eigenvalue weighted by Gasteiger charge is -2.37. The Labute approximate surface area is 171 Å². The molecule has 0 aliphatic carbocycles. The highest BCUT2D eigenvalue weighted by Crippen LogP contribution is 2.27. The van der Waals surface area contributed by atoms with Crippen LogP contribution in [0.1, 0.15) is 12.0 Å². The zero-order valence-electron chi connectivity index (χ0n) is 16.9. The number of hydrogen-bond donors (Lipinski definition) is 3. The van der Waals surface area contributed by atoms with Gasteiger partial charge in [-0.15, -0.1) is 0 Å². The summed E-state index contributed by atoms with van der Waals surface area (Å²) >= 11 is 0. The lowest BCUT2D eigenvalue weighted by Crippen LogP contribution is -2.52. The normalized spacial score (nSPS) is 14.6. The van der Waals surface area contributed by atoms with Gasteiger partial charge < -0.3 is 25.5 Å². The zero-order chi connectivity index (χ0) is 20.6. The second-order valence-corrected chi connectivity index (χ2v) is 6.96. The summed E-state index contributed by atoms with van der Waals surface area (Å²) < 4.78 is 0. The highest BCUT2D eigenvalue weighted by Gasteiger charge is 2.21. The smallest absolute Gasteiger partial charge is 0.227 e. The molecule has 29 heavy (non-hydrogen) atoms. The zero-order valence-corrected chi connectivity index (χ0v) is 16.9. The van der Waals surface area contributed by atoms with Gasteiger partial charge in [0, 0.05) is 52.4 Å². The number of nitrogens with zero attached hydrogens (tertiary/aromatic N) is 4. The average Bonchev–Trinajstić information content (AvgIpc) is 2.74. The molecule has 154 valence electrons. The van der Waals surface area contributed by atoms with Gasteiger partial charge in [0.1, 0.15) is 11.6 Å². The number of amides is 1. The topological polar surface area (TPSA) is 93.1 Å². The number of aromatic nitrogens is 1. The minimum Gasteiger partial charge on any atom is -0.506 e. The van der Waals surface area contributed by atoms with Crippen molar-refractivity contribution < 1.29 is 9.90 Å². The van der Waals surface area contributed by atoms with Crippen molar-refractivity contribution >= 4 is 23.4 Å². The Bertz CT molecular complexity index is 845. The molecule has 3 N–H and O–H groups in total. The van der Waals surface area contributed by atoms with Crippen molar-refractivity contribution in [3.63, 3.8) is 0 Å². The van der Waals surface area contributed by atoms with Crippen LogP contribution in [0.4, 0.5) is 11.5 Å². The van der Waals surface area contributed by atoms with Crippen LogP contribution in [0.15, 0.2) is 47.6 Å². The fraction of sp³-hybridized carbons (Fsp3) is 0.381. The fourth-order valence-corrected chi connectivity index (χ4v) is 3.26. The Kier molecular flexibility index (Phi) is 6.89. The largest absolute Gasteiger partial charge is 0.506 e. The third kappa shape index (κ3) is 5.60. The average molecular weight is 396 g/mol. The van der Waals surface area contributed by atoms with E-state index in [0.29, 0.717) is 24.5 Å². The predicted molar refractivity (Wildman–Crippen MR) is 115 cm³/mol. The standard InChI is InChI=1S/C21H28N6O2/c1-16-7-8-19(24-15-16)25-20(29)9-10-23-21(22-2)27-13-11-26(12-14-27)17-5-3-4-6-18(17)28/h3-8,15,28H,9-14H2,1-2H3,(H,22,23)(H,24,25,29). The highest BCUT2D eigenvalue weighted by molar-refractivity contribution is 5.90. The second kappa shape index (κ2) is 9.77. The number of phenols is 1. The molecular weight excluding hydrogens is 368 g/mol. The summed E-state index contributed by atoms with van der Waals surface area (Å²) in [5.74, 6) is 1.56. The number of rotatable bonds is 5. The van der Waals surface area contributed by atoms with E-state index in [1.54, 1.807) is 25.4 Å². The molecule has 8 heteroatoms. The molecule has 1 fully saturated rings. The first-order chi connectivity index (χ1) is 14.1. The van der Waals surface area contributed by atoms with Gasteiger partial charge in [-0.1, -0.05) is 18.2 Å². The number of nitrogens with one attached hydrogen (secondary N) is 2. The van der Waals surface area contributed by atoms with Gasteiger partial charge in [0.25, 0.3) is 0 Å². The number of carbonyl (C=O) groups excluding carboxylic acids is 1. The number of phenolic OH excluding ortho intramolecular Hbond substituents is 1. The van der Waals surface area contributed by atoms with Crippen LogP contribution in [0.5, 0.6) is 5.75 Å². The highest BCUT2D eigenvalue weighted by atomic mass is 16.3. The Morgan fingerprint density at radius 3 is 2.59 bits per heavy atom. The number of guanidine groups is 1. The van der Waals surface area contributed by atoms with Crippen molar-refractivity contribution in [1.82, 2.24) is 15.2 Å². The van der Waals surface area contributed by atoms with Crippen molar-refractivity contribution in [2.45, 2.75) is 13.3 Å². The number of aliphatic imine (C=N–C) groups is 1. The van der Waals surface area contributed by atoms with Gasteiger partial charge >= 0.3 is 0 Å². The summed E-state index contributed by atoms with van der Waals surface area (Å²) in [6.07, 6.45) is 2.05. The number of piperazine rings is 1. The number of anilines is 2. The maximum Gasteiger partial charge on any atom is 0.227 e. The molecule has 0 spiro atoms. The number of benzene rings is 1. The number of aromatic hydroxyl groups is 1. The molecule has 1 aromatic carbocycles. The minimum absolute atomic E-state index is 0.0892. The van der Waals surface area contributed by atoms with Gasteiger partial charge in [0.05, 0.1) is 5.69 Å². The van der Waals surface area contributed by atoms with Crippen LogP contribution in [0.2, 0.25) is 0 Å². The lowest BCUT2D eigenvalue weighted by atomic mass is 10.2. The van der Waals surface area contributed by atoms with E-state index in [1.165, 1.54) is 0 Å². The third-order valence-electron chi connectivity index (χ3n) is 4.83. The van der Waals surface area contributed by atoms with Crippen molar-refractivity contribution in [3.05, 3.63) is 48.2 Å². The van der Waals surface area contributed by atoms with E-state index in [2.05, 4.69) is 30.4 Å². The molecule has 1 aliphatic rings. The molecule has 1 saturated heterocycles. The van der Waals surface area contributed by atoms with Crippen LogP contribution < -0.4 is 15.5 Å². The van der Waals surface area contributed by atoms with Crippen molar-refractivity contribution in [2.75, 3.05) is 50.0 Å². The van der Waals surface area contributed by atoms with Gasteiger partial charge in [-0.2, -0.15) is 0 Å². The SMILES string of the molecule is CN=C(NCCC(=O)Nc1ccc(C)cn1)N1CCN(c2ccccc2O)CC1. The van der Waals surface area contributed by atoms with Gasteiger partial charge in [-0.05, 0) is 30.7 Å². The molecule has 1 aromatic heterocycles. The molecule has 2 heterocycles. The summed E-state index contributed by atoms with van der Waals surface area (Å²) in [5, 5.41) is 16.1. The second-order valence-electron chi connectivity index (χ2n) is 6.96. The fourth-order valence-electron chi connectivity index (χ4n) is 3.26. The summed E-state index contributed by atoms with van der Waals surface area (Å²) in [6.45, 7) is 5.59. The maximum absolute atomic E-state index is 12.1. The Balaban J connectivity index is 1.43. The molecule has 0 unspecified atom stereocenters. The third-order valence-corrected chi connectivity index (χ3v) is 4.83. The lowest BCUT2D eigenvalue weighted by molar-refractivity contribution is -0.116. The number of aryl methyl sites for hydroxylation is 1. The quantitative estimate of drug-likeness (QED) is 0.527. The maximum atomic E-state index is 12.1. The number of hydrogen-bond acceptors (Lipinski definition) is 5. The van der Waals surface area contributed by atoms with E-state index in [0.717, 1.165) is 43.4 Å². The molecule has 0 radical (unpaired) electrons. The molecule has 8 nitrogen and oxygen atoms in total. The van der Waals surface area contributed by atoms with Crippen LogP contribution in [0.3, 0.4) is 0 Å². The first-order valence-electron chi connectivity index (χ1n) is 9.78.